The van der Waals surface area contributed by atoms with E-state index in [1.807, 2.05) is 36.4 Å². The van der Waals surface area contributed by atoms with Crippen molar-refractivity contribution in [3.05, 3.63) is 234 Å². The number of hydrogen-bond donors (Lipinski definition) is 0. The maximum Gasteiger partial charge on any atom is 0.164 e. The Morgan fingerprint density at radius 2 is 0.932 bits per heavy atom. The van der Waals surface area contributed by atoms with Gasteiger partial charge in [0, 0.05) is 22.1 Å². The molecular formula is C56H41N3. The largest absolute Gasteiger partial charge is 0.208 e. The van der Waals surface area contributed by atoms with E-state index in [-0.39, 0.29) is 0 Å². The van der Waals surface area contributed by atoms with E-state index in [1.54, 1.807) is 0 Å². The van der Waals surface area contributed by atoms with Crippen molar-refractivity contribution >= 4 is 0 Å². The van der Waals surface area contributed by atoms with Gasteiger partial charge in [0.05, 0.1) is 0 Å². The minimum atomic E-state index is -0.420. The van der Waals surface area contributed by atoms with Gasteiger partial charge in [-0.15, -0.1) is 0 Å². The Kier molecular flexibility index (Phi) is 8.48. The molecule has 1 aromatic heterocycles. The Bertz CT molecular complexity index is 2940. The Balaban J connectivity index is 1.08. The number of rotatable bonds is 6. The fourth-order valence-corrected chi connectivity index (χ4v) is 9.67. The van der Waals surface area contributed by atoms with Gasteiger partial charge in [-0.05, 0) is 105 Å². The summed E-state index contributed by atoms with van der Waals surface area (Å²) in [5.74, 6) is 2.42. The van der Waals surface area contributed by atoms with E-state index in [2.05, 4.69) is 171 Å². The van der Waals surface area contributed by atoms with E-state index in [1.165, 1.54) is 66.8 Å². The summed E-state index contributed by atoms with van der Waals surface area (Å²) in [4.78, 5) is 15.4. The molecule has 0 spiro atoms. The number of fused-ring (bicyclic) bond motifs is 6. The molecule has 9 aromatic rings. The Morgan fingerprint density at radius 3 is 1.63 bits per heavy atom. The van der Waals surface area contributed by atoms with Crippen LogP contribution in [-0.2, 0) is 18.3 Å². The molecule has 2 aliphatic carbocycles. The van der Waals surface area contributed by atoms with Gasteiger partial charge in [0.2, 0.25) is 0 Å². The second-order valence-electron chi connectivity index (χ2n) is 16.1. The zero-order chi connectivity index (χ0) is 39.3. The average Bonchev–Trinajstić information content (AvgIpc) is 3.46. The zero-order valence-electron chi connectivity index (χ0n) is 32.9. The van der Waals surface area contributed by atoms with Crippen molar-refractivity contribution in [2.75, 3.05) is 0 Å². The predicted molar refractivity (Wildman–Crippen MR) is 241 cm³/mol. The molecule has 0 amide bonds. The van der Waals surface area contributed by atoms with Crippen molar-refractivity contribution in [3.8, 4) is 67.5 Å². The summed E-state index contributed by atoms with van der Waals surface area (Å²) in [5.41, 5.74) is 18.0. The summed E-state index contributed by atoms with van der Waals surface area (Å²) in [7, 11) is 0. The van der Waals surface area contributed by atoms with E-state index >= 15 is 0 Å². The van der Waals surface area contributed by atoms with Crippen LogP contribution in [0, 0.1) is 0 Å². The van der Waals surface area contributed by atoms with Gasteiger partial charge in [-0.1, -0.05) is 188 Å². The molecule has 0 aliphatic heterocycles. The van der Waals surface area contributed by atoms with Gasteiger partial charge in [0.1, 0.15) is 0 Å². The van der Waals surface area contributed by atoms with Crippen molar-refractivity contribution < 1.29 is 0 Å². The molecule has 1 heterocycles. The smallest absolute Gasteiger partial charge is 0.164 e. The molecule has 0 bridgehead atoms. The van der Waals surface area contributed by atoms with Crippen LogP contribution in [0.5, 0.6) is 0 Å². The molecule has 0 N–H and O–H groups in total. The van der Waals surface area contributed by atoms with Gasteiger partial charge in [-0.25, -0.2) is 15.0 Å². The summed E-state index contributed by atoms with van der Waals surface area (Å²) in [6, 6.07) is 72.3. The Morgan fingerprint density at radius 1 is 0.390 bits per heavy atom. The molecule has 0 saturated heterocycles. The van der Waals surface area contributed by atoms with E-state index in [4.69, 9.17) is 15.0 Å². The molecular weight excluding hydrogens is 715 g/mol. The normalized spacial score (nSPS) is 16.3. The summed E-state index contributed by atoms with van der Waals surface area (Å²) < 4.78 is 0. The van der Waals surface area contributed by atoms with Crippen molar-refractivity contribution in [2.45, 2.75) is 31.1 Å². The molecule has 2 unspecified atom stereocenters. The molecule has 59 heavy (non-hydrogen) atoms. The third-order valence-corrected chi connectivity index (χ3v) is 12.7. The van der Waals surface area contributed by atoms with Crippen molar-refractivity contribution in [1.82, 2.24) is 15.0 Å². The zero-order valence-corrected chi connectivity index (χ0v) is 32.9. The van der Waals surface area contributed by atoms with Crippen LogP contribution >= 0.6 is 0 Å². The van der Waals surface area contributed by atoms with Crippen LogP contribution in [0.25, 0.3) is 67.5 Å². The number of aromatic nitrogens is 3. The lowest BCUT2D eigenvalue weighted by Gasteiger charge is -2.29. The molecule has 3 nitrogen and oxygen atoms in total. The third kappa shape index (κ3) is 6.01. The summed E-state index contributed by atoms with van der Waals surface area (Å²) in [5, 5.41) is 0. The highest BCUT2D eigenvalue weighted by Gasteiger charge is 2.42. The maximum atomic E-state index is 5.20. The van der Waals surface area contributed by atoms with Gasteiger partial charge in [-0.3, -0.25) is 0 Å². The van der Waals surface area contributed by atoms with E-state index in [9.17, 15) is 0 Å². The summed E-state index contributed by atoms with van der Waals surface area (Å²) >= 11 is 0. The molecule has 280 valence electrons. The molecule has 2 atom stereocenters. The lowest BCUT2D eigenvalue weighted by atomic mass is 9.73. The second-order valence-corrected chi connectivity index (χ2v) is 16.1. The quantitative estimate of drug-likeness (QED) is 0.170. The third-order valence-electron chi connectivity index (χ3n) is 12.7. The summed E-state index contributed by atoms with van der Waals surface area (Å²) in [6.07, 6.45) is 2.04. The molecule has 0 radical (unpaired) electrons. The van der Waals surface area contributed by atoms with Gasteiger partial charge >= 0.3 is 0 Å². The topological polar surface area (TPSA) is 38.7 Å². The van der Waals surface area contributed by atoms with Gasteiger partial charge < -0.3 is 0 Å². The standard InChI is InChI=1S/C56H41N3/c1-56(45-24-12-5-13-25-45)50-28-16-27-48(55-58-53(38-19-8-3-9-20-38)57-54(59-55)39-21-10-4-11-22-39)52(50)47-32-31-41(36-51(47)56)40-29-30-43-34-44(37-17-6-2-7-18-37)33-42-23-14-15-26-46(42)49(43)35-40/h2-32,35-36,44H,33-34H2,1H3. The SMILES string of the molecule is CC1(c2ccccc2)c2cc(-c3ccc4c(c3)-c3ccccc3CC(c3ccccc3)C4)ccc2-c2c(-c3nc(-c4ccccc4)nc(-c4ccccc4)n3)cccc21. The van der Waals surface area contributed by atoms with Crippen LogP contribution in [0.3, 0.4) is 0 Å². The summed E-state index contributed by atoms with van der Waals surface area (Å²) in [6.45, 7) is 2.38. The first-order valence-electron chi connectivity index (χ1n) is 20.6. The number of hydrogen-bond acceptors (Lipinski definition) is 3. The highest BCUT2D eigenvalue weighted by molar-refractivity contribution is 5.94. The van der Waals surface area contributed by atoms with Crippen LogP contribution < -0.4 is 0 Å². The Hall–Kier alpha value is -7.23. The van der Waals surface area contributed by atoms with E-state index < -0.39 is 5.41 Å². The van der Waals surface area contributed by atoms with Crippen LogP contribution in [-0.4, -0.2) is 15.0 Å². The lowest BCUT2D eigenvalue weighted by Crippen LogP contribution is -2.22. The molecule has 0 fully saturated rings. The van der Waals surface area contributed by atoms with E-state index in [0.717, 1.165) is 29.5 Å². The van der Waals surface area contributed by atoms with Gasteiger partial charge in [0.15, 0.2) is 17.5 Å². The number of benzene rings is 8. The van der Waals surface area contributed by atoms with Crippen molar-refractivity contribution in [1.29, 1.82) is 0 Å². The second kappa shape index (κ2) is 14.3. The molecule has 0 saturated carbocycles. The highest BCUT2D eigenvalue weighted by atomic mass is 15.0. The van der Waals surface area contributed by atoms with Crippen LogP contribution in [0.15, 0.2) is 200 Å². The van der Waals surface area contributed by atoms with Gasteiger partial charge in [-0.2, -0.15) is 0 Å². The van der Waals surface area contributed by atoms with E-state index in [0.29, 0.717) is 23.4 Å². The van der Waals surface area contributed by atoms with Crippen molar-refractivity contribution in [2.24, 2.45) is 0 Å². The van der Waals surface area contributed by atoms with Gasteiger partial charge in [0.25, 0.3) is 0 Å². The lowest BCUT2D eigenvalue weighted by molar-refractivity contribution is 0.689. The van der Waals surface area contributed by atoms with Crippen LogP contribution in [0.1, 0.15) is 46.2 Å². The first-order valence-corrected chi connectivity index (χ1v) is 20.6. The van der Waals surface area contributed by atoms with Crippen LogP contribution in [0.2, 0.25) is 0 Å². The fraction of sp³-hybridized carbons (Fsp3) is 0.0893. The molecule has 8 aromatic carbocycles. The molecule has 2 aliphatic rings. The number of nitrogens with zero attached hydrogens (tertiary/aromatic N) is 3. The fourth-order valence-electron chi connectivity index (χ4n) is 9.67. The predicted octanol–water partition coefficient (Wildman–Crippen LogP) is 13.4. The maximum absolute atomic E-state index is 5.20. The van der Waals surface area contributed by atoms with Crippen molar-refractivity contribution in [3.63, 3.8) is 0 Å². The molecule has 3 heteroatoms. The first-order chi connectivity index (χ1) is 29.1. The average molecular weight is 756 g/mol. The monoisotopic (exact) mass is 755 g/mol. The highest BCUT2D eigenvalue weighted by Crippen LogP contribution is 2.56. The van der Waals surface area contributed by atoms with Crippen LogP contribution in [0.4, 0.5) is 0 Å². The molecule has 11 rings (SSSR count). The minimum absolute atomic E-state index is 0.420. The first kappa shape index (κ1) is 35.0. The minimum Gasteiger partial charge on any atom is -0.208 e. The Labute approximate surface area is 345 Å².